The van der Waals surface area contributed by atoms with Gasteiger partial charge in [0, 0.05) is 38.1 Å². The molecule has 0 radical (unpaired) electrons. The minimum absolute atomic E-state index is 0.0558. The van der Waals surface area contributed by atoms with E-state index in [1.807, 2.05) is 12.1 Å². The first-order valence-corrected chi connectivity index (χ1v) is 10.4. The maximum atomic E-state index is 12.7. The molecule has 2 aliphatic heterocycles. The lowest BCUT2D eigenvalue weighted by Crippen LogP contribution is -2.53. The normalized spacial score (nSPS) is 19.3. The summed E-state index contributed by atoms with van der Waals surface area (Å²) in [5.41, 5.74) is 2.64. The van der Waals surface area contributed by atoms with Crippen LogP contribution in [-0.4, -0.2) is 48.0 Å². The van der Waals surface area contributed by atoms with Crippen LogP contribution in [-0.2, 0) is 17.8 Å². The maximum Gasteiger partial charge on any atom is 0.223 e. The Bertz CT molecular complexity index is 780. The summed E-state index contributed by atoms with van der Waals surface area (Å²) < 4.78 is 5.25. The number of benzene rings is 2. The second-order valence-electron chi connectivity index (χ2n) is 8.13. The molecular weight excluding hydrogens is 348 g/mol. The van der Waals surface area contributed by atoms with E-state index in [1.165, 1.54) is 11.1 Å². The highest BCUT2D eigenvalue weighted by molar-refractivity contribution is 5.79. The Labute approximate surface area is 168 Å². The van der Waals surface area contributed by atoms with Crippen molar-refractivity contribution in [2.24, 2.45) is 0 Å². The fraction of sp³-hybridized carbons (Fsp3) is 0.458. The average molecular weight is 379 g/mol. The summed E-state index contributed by atoms with van der Waals surface area (Å²) in [5.74, 6) is 1.17. The molecule has 2 aliphatic rings. The zero-order valence-corrected chi connectivity index (χ0v) is 16.8. The lowest BCUT2D eigenvalue weighted by molar-refractivity contribution is -0.133. The largest absolute Gasteiger partial charge is 0.497 e. The Morgan fingerprint density at radius 3 is 2.32 bits per heavy atom. The Balaban J connectivity index is 1.36. The highest BCUT2D eigenvalue weighted by atomic mass is 16.5. The molecule has 0 N–H and O–H groups in total. The SMILES string of the molecule is COc1ccc(CN2C(=O)CCC23CCN(CCc2ccccc2)CC3)cc1. The number of piperidine rings is 1. The molecule has 0 unspecified atom stereocenters. The van der Waals surface area contributed by atoms with E-state index in [9.17, 15) is 4.79 Å². The Morgan fingerprint density at radius 1 is 0.929 bits per heavy atom. The summed E-state index contributed by atoms with van der Waals surface area (Å²) >= 11 is 0. The second kappa shape index (κ2) is 8.36. The van der Waals surface area contributed by atoms with Gasteiger partial charge in [0.2, 0.25) is 5.91 Å². The van der Waals surface area contributed by atoms with Crippen molar-refractivity contribution < 1.29 is 9.53 Å². The zero-order chi connectivity index (χ0) is 19.4. The molecule has 0 saturated carbocycles. The molecule has 0 bridgehead atoms. The van der Waals surface area contributed by atoms with E-state index in [4.69, 9.17) is 4.74 Å². The van der Waals surface area contributed by atoms with Gasteiger partial charge in [0.05, 0.1) is 7.11 Å². The maximum absolute atomic E-state index is 12.7. The number of carbonyl (C=O) groups excluding carboxylic acids is 1. The van der Waals surface area contributed by atoms with Crippen molar-refractivity contribution in [3.63, 3.8) is 0 Å². The number of ether oxygens (including phenoxy) is 1. The van der Waals surface area contributed by atoms with Crippen LogP contribution in [0, 0.1) is 0 Å². The van der Waals surface area contributed by atoms with Crippen molar-refractivity contribution in [1.82, 2.24) is 9.80 Å². The Kier molecular flexibility index (Phi) is 5.67. The molecule has 148 valence electrons. The molecule has 2 saturated heterocycles. The van der Waals surface area contributed by atoms with Gasteiger partial charge in [0.15, 0.2) is 0 Å². The first-order chi connectivity index (χ1) is 13.7. The Hall–Kier alpha value is -2.33. The quantitative estimate of drug-likeness (QED) is 0.764. The Morgan fingerprint density at radius 2 is 1.64 bits per heavy atom. The van der Waals surface area contributed by atoms with Crippen LogP contribution in [0.2, 0.25) is 0 Å². The van der Waals surface area contributed by atoms with Gasteiger partial charge < -0.3 is 14.5 Å². The number of methoxy groups -OCH3 is 1. The summed E-state index contributed by atoms with van der Waals surface area (Å²) in [6.07, 6.45) is 4.98. The number of rotatable bonds is 6. The van der Waals surface area contributed by atoms with Gasteiger partial charge in [-0.2, -0.15) is 0 Å². The standard InChI is InChI=1S/C24H30N2O2/c1-28-22-9-7-21(8-10-22)19-26-23(27)11-13-24(26)14-17-25(18-15-24)16-12-20-5-3-2-4-6-20/h2-10H,11-19H2,1H3. The van der Waals surface area contributed by atoms with E-state index < -0.39 is 0 Å². The highest BCUT2D eigenvalue weighted by Crippen LogP contribution is 2.40. The van der Waals surface area contributed by atoms with E-state index in [2.05, 4.69) is 52.3 Å². The van der Waals surface area contributed by atoms with Gasteiger partial charge in [0.1, 0.15) is 5.75 Å². The fourth-order valence-corrected chi connectivity index (χ4v) is 4.69. The van der Waals surface area contributed by atoms with Crippen LogP contribution in [0.4, 0.5) is 0 Å². The predicted molar refractivity (Wildman–Crippen MR) is 111 cm³/mol. The topological polar surface area (TPSA) is 32.8 Å². The first-order valence-electron chi connectivity index (χ1n) is 10.4. The summed E-state index contributed by atoms with van der Waals surface area (Å²) in [7, 11) is 1.68. The lowest BCUT2D eigenvalue weighted by atomic mass is 9.84. The number of nitrogens with zero attached hydrogens (tertiary/aromatic N) is 2. The van der Waals surface area contributed by atoms with E-state index >= 15 is 0 Å². The molecule has 1 amide bonds. The van der Waals surface area contributed by atoms with Crippen molar-refractivity contribution in [1.29, 1.82) is 0 Å². The highest BCUT2D eigenvalue weighted by Gasteiger charge is 2.46. The molecule has 0 aliphatic carbocycles. The summed E-state index contributed by atoms with van der Waals surface area (Å²) in [5, 5.41) is 0. The van der Waals surface area contributed by atoms with E-state index in [1.54, 1.807) is 7.11 Å². The van der Waals surface area contributed by atoms with Gasteiger partial charge >= 0.3 is 0 Å². The molecule has 2 heterocycles. The summed E-state index contributed by atoms with van der Waals surface area (Å²) in [6, 6.07) is 18.8. The molecule has 0 aromatic heterocycles. The molecule has 1 spiro atoms. The molecule has 4 rings (SSSR count). The van der Waals surface area contributed by atoms with Crippen LogP contribution < -0.4 is 4.74 Å². The van der Waals surface area contributed by atoms with Gasteiger partial charge in [-0.1, -0.05) is 42.5 Å². The molecule has 2 aromatic carbocycles. The van der Waals surface area contributed by atoms with Crippen LogP contribution >= 0.6 is 0 Å². The van der Waals surface area contributed by atoms with E-state index in [0.717, 1.165) is 51.1 Å². The number of carbonyl (C=O) groups is 1. The van der Waals surface area contributed by atoms with Gasteiger partial charge in [0.25, 0.3) is 0 Å². The first kappa shape index (κ1) is 19.0. The minimum atomic E-state index is 0.0558. The average Bonchev–Trinajstić information content (AvgIpc) is 3.04. The predicted octanol–water partition coefficient (Wildman–Crippen LogP) is 3.89. The van der Waals surface area contributed by atoms with Gasteiger partial charge in [-0.15, -0.1) is 0 Å². The third-order valence-electron chi connectivity index (χ3n) is 6.52. The van der Waals surface area contributed by atoms with Crippen LogP contribution in [0.3, 0.4) is 0 Å². The summed E-state index contributed by atoms with van der Waals surface area (Å²) in [4.78, 5) is 17.4. The van der Waals surface area contributed by atoms with Crippen LogP contribution in [0.5, 0.6) is 5.75 Å². The van der Waals surface area contributed by atoms with Gasteiger partial charge in [-0.05, 0) is 48.9 Å². The lowest BCUT2D eigenvalue weighted by Gasteiger charge is -2.45. The summed E-state index contributed by atoms with van der Waals surface area (Å²) in [6.45, 7) is 3.98. The number of amides is 1. The van der Waals surface area contributed by atoms with Gasteiger partial charge in [-0.3, -0.25) is 4.79 Å². The van der Waals surface area contributed by atoms with Crippen LogP contribution in [0.25, 0.3) is 0 Å². The fourth-order valence-electron chi connectivity index (χ4n) is 4.69. The van der Waals surface area contributed by atoms with E-state index in [0.29, 0.717) is 18.9 Å². The molecule has 28 heavy (non-hydrogen) atoms. The molecule has 0 atom stereocenters. The molecule has 2 aromatic rings. The van der Waals surface area contributed by atoms with Crippen molar-refractivity contribution >= 4 is 5.91 Å². The van der Waals surface area contributed by atoms with Crippen molar-refractivity contribution in [3.05, 3.63) is 65.7 Å². The third kappa shape index (κ3) is 4.07. The van der Waals surface area contributed by atoms with Crippen molar-refractivity contribution in [3.8, 4) is 5.75 Å². The molecule has 4 nitrogen and oxygen atoms in total. The minimum Gasteiger partial charge on any atom is -0.497 e. The van der Waals surface area contributed by atoms with Gasteiger partial charge in [-0.25, -0.2) is 0 Å². The monoisotopic (exact) mass is 378 g/mol. The number of hydrogen-bond donors (Lipinski definition) is 0. The van der Waals surface area contributed by atoms with Crippen molar-refractivity contribution in [2.45, 2.75) is 44.2 Å². The molecule has 4 heteroatoms. The van der Waals surface area contributed by atoms with E-state index in [-0.39, 0.29) is 5.54 Å². The third-order valence-corrected chi connectivity index (χ3v) is 6.52. The van der Waals surface area contributed by atoms with Crippen LogP contribution in [0.1, 0.15) is 36.8 Å². The van der Waals surface area contributed by atoms with Crippen LogP contribution in [0.15, 0.2) is 54.6 Å². The zero-order valence-electron chi connectivity index (χ0n) is 16.8. The van der Waals surface area contributed by atoms with Crippen molar-refractivity contribution in [2.75, 3.05) is 26.7 Å². The number of likely N-dealkylation sites (tertiary alicyclic amines) is 2. The molecule has 2 fully saturated rings. The molecular formula is C24H30N2O2. The smallest absolute Gasteiger partial charge is 0.223 e. The number of hydrogen-bond acceptors (Lipinski definition) is 3. The second-order valence-corrected chi connectivity index (χ2v) is 8.13.